The van der Waals surface area contributed by atoms with Crippen molar-refractivity contribution in [2.24, 2.45) is 5.92 Å². The fraction of sp³-hybridized carbons (Fsp3) is 0.467. The van der Waals surface area contributed by atoms with E-state index in [4.69, 9.17) is 0 Å². The van der Waals surface area contributed by atoms with Crippen molar-refractivity contribution in [3.63, 3.8) is 0 Å². The van der Waals surface area contributed by atoms with Crippen LogP contribution in [0.15, 0.2) is 24.3 Å². The molecule has 2 amide bonds. The topological polar surface area (TPSA) is 61.4 Å². The second-order valence-corrected chi connectivity index (χ2v) is 5.11. The number of nitrogens with one attached hydrogen (secondary N) is 2. The van der Waals surface area contributed by atoms with Crippen molar-refractivity contribution in [2.45, 2.75) is 19.8 Å². The van der Waals surface area contributed by atoms with Gasteiger partial charge in [0.2, 0.25) is 11.8 Å². The fourth-order valence-corrected chi connectivity index (χ4v) is 2.37. The summed E-state index contributed by atoms with van der Waals surface area (Å²) >= 11 is 0. The van der Waals surface area contributed by atoms with Gasteiger partial charge >= 0.3 is 0 Å². The summed E-state index contributed by atoms with van der Waals surface area (Å²) in [5.41, 5.74) is 1.50. The molecular weight excluding hydrogens is 290 g/mol. The highest BCUT2D eigenvalue weighted by molar-refractivity contribution is 6.02. The van der Waals surface area contributed by atoms with E-state index in [9.17, 15) is 9.59 Å². The van der Waals surface area contributed by atoms with Gasteiger partial charge in [0.25, 0.3) is 0 Å². The summed E-state index contributed by atoms with van der Waals surface area (Å²) in [7, 11) is 1.82. The Bertz CT molecular complexity index is 507. The Hall–Kier alpha value is -1.59. The van der Waals surface area contributed by atoms with Crippen molar-refractivity contribution in [2.75, 3.05) is 30.4 Å². The van der Waals surface area contributed by atoms with Crippen molar-refractivity contribution in [3.05, 3.63) is 24.3 Å². The molecule has 1 saturated heterocycles. The van der Waals surface area contributed by atoms with Gasteiger partial charge in [-0.05, 0) is 25.6 Å². The second-order valence-electron chi connectivity index (χ2n) is 5.11. The SMILES string of the molecule is CNCC(C)C(=O)Nc1ccccc1N1CCCC1=O.Cl. The molecule has 1 atom stereocenters. The monoisotopic (exact) mass is 311 g/mol. The van der Waals surface area contributed by atoms with Crippen LogP contribution in [0.5, 0.6) is 0 Å². The van der Waals surface area contributed by atoms with Crippen molar-refractivity contribution < 1.29 is 9.59 Å². The van der Waals surface area contributed by atoms with Crippen LogP contribution < -0.4 is 15.5 Å². The van der Waals surface area contributed by atoms with E-state index in [0.29, 0.717) is 18.7 Å². The van der Waals surface area contributed by atoms with Gasteiger partial charge in [0.05, 0.1) is 11.4 Å². The van der Waals surface area contributed by atoms with E-state index in [0.717, 1.165) is 18.7 Å². The molecule has 2 N–H and O–H groups in total. The summed E-state index contributed by atoms with van der Waals surface area (Å²) in [6.07, 6.45) is 1.45. The summed E-state index contributed by atoms with van der Waals surface area (Å²) in [6.45, 7) is 3.21. The molecule has 1 aromatic carbocycles. The van der Waals surface area contributed by atoms with Gasteiger partial charge in [-0.1, -0.05) is 19.1 Å². The molecule has 6 heteroatoms. The maximum Gasteiger partial charge on any atom is 0.228 e. The predicted molar refractivity (Wildman–Crippen MR) is 87.0 cm³/mol. The first-order valence-corrected chi connectivity index (χ1v) is 6.98. The van der Waals surface area contributed by atoms with Gasteiger partial charge < -0.3 is 15.5 Å². The average molecular weight is 312 g/mol. The highest BCUT2D eigenvalue weighted by atomic mass is 35.5. The van der Waals surface area contributed by atoms with Crippen LogP contribution in [0.25, 0.3) is 0 Å². The quantitative estimate of drug-likeness (QED) is 0.874. The van der Waals surface area contributed by atoms with Crippen LogP contribution in [0.4, 0.5) is 11.4 Å². The van der Waals surface area contributed by atoms with Crippen LogP contribution in [0.1, 0.15) is 19.8 Å². The Kier molecular flexibility index (Phi) is 6.65. The van der Waals surface area contributed by atoms with E-state index in [1.807, 2.05) is 38.2 Å². The molecule has 2 rings (SSSR count). The molecular formula is C15H22ClN3O2. The van der Waals surface area contributed by atoms with Crippen LogP contribution in [0.2, 0.25) is 0 Å². The third-order valence-electron chi connectivity index (χ3n) is 3.48. The fourth-order valence-electron chi connectivity index (χ4n) is 2.37. The van der Waals surface area contributed by atoms with Crippen LogP contribution in [0.3, 0.4) is 0 Å². The number of hydrogen-bond acceptors (Lipinski definition) is 3. The highest BCUT2D eigenvalue weighted by Crippen LogP contribution is 2.29. The van der Waals surface area contributed by atoms with Gasteiger partial charge in [-0.3, -0.25) is 9.59 Å². The number of nitrogens with zero attached hydrogens (tertiary/aromatic N) is 1. The first kappa shape index (κ1) is 17.5. The Morgan fingerprint density at radius 1 is 1.38 bits per heavy atom. The molecule has 0 saturated carbocycles. The van der Waals surface area contributed by atoms with Gasteiger partial charge in [0, 0.05) is 25.4 Å². The molecule has 1 heterocycles. The van der Waals surface area contributed by atoms with E-state index in [-0.39, 0.29) is 30.1 Å². The zero-order valence-electron chi connectivity index (χ0n) is 12.4. The van der Waals surface area contributed by atoms with Gasteiger partial charge in [0.15, 0.2) is 0 Å². The zero-order chi connectivity index (χ0) is 14.5. The van der Waals surface area contributed by atoms with E-state index >= 15 is 0 Å². The number of para-hydroxylation sites is 2. The van der Waals surface area contributed by atoms with E-state index in [1.165, 1.54) is 0 Å². The lowest BCUT2D eigenvalue weighted by Gasteiger charge is -2.21. The molecule has 1 fully saturated rings. The molecule has 116 valence electrons. The Morgan fingerprint density at radius 2 is 2.10 bits per heavy atom. The number of benzene rings is 1. The number of carbonyl (C=O) groups excluding carboxylic acids is 2. The maximum absolute atomic E-state index is 12.1. The Labute approximate surface area is 131 Å². The molecule has 1 aliphatic rings. The lowest BCUT2D eigenvalue weighted by Crippen LogP contribution is -2.30. The molecule has 0 aliphatic carbocycles. The summed E-state index contributed by atoms with van der Waals surface area (Å²) < 4.78 is 0. The minimum absolute atomic E-state index is 0. The standard InChI is InChI=1S/C15H21N3O2.ClH/c1-11(10-16-2)15(20)17-12-6-3-4-7-13(12)18-9-5-8-14(18)19;/h3-4,6-7,11,16H,5,8-10H2,1-2H3,(H,17,20);1H. The van der Waals surface area contributed by atoms with Gasteiger partial charge in [-0.2, -0.15) is 0 Å². The van der Waals surface area contributed by atoms with Gasteiger partial charge in [-0.15, -0.1) is 12.4 Å². The molecule has 1 aliphatic heterocycles. The normalized spacial score (nSPS) is 15.5. The molecule has 5 nitrogen and oxygen atoms in total. The third-order valence-corrected chi connectivity index (χ3v) is 3.48. The minimum atomic E-state index is -0.123. The van der Waals surface area contributed by atoms with Crippen molar-refractivity contribution in [1.29, 1.82) is 0 Å². The molecule has 0 aromatic heterocycles. The summed E-state index contributed by atoms with van der Waals surface area (Å²) in [5, 5.41) is 5.91. The molecule has 1 unspecified atom stereocenters. The Morgan fingerprint density at radius 3 is 2.71 bits per heavy atom. The van der Waals surface area contributed by atoms with E-state index in [1.54, 1.807) is 4.90 Å². The number of hydrogen-bond donors (Lipinski definition) is 2. The number of carbonyl (C=O) groups is 2. The van der Waals surface area contributed by atoms with Gasteiger partial charge in [-0.25, -0.2) is 0 Å². The first-order valence-electron chi connectivity index (χ1n) is 6.98. The molecule has 0 radical (unpaired) electrons. The van der Waals surface area contributed by atoms with E-state index in [2.05, 4.69) is 10.6 Å². The second kappa shape index (κ2) is 8.00. The van der Waals surface area contributed by atoms with Crippen molar-refractivity contribution in [3.8, 4) is 0 Å². The maximum atomic E-state index is 12.1. The van der Waals surface area contributed by atoms with Crippen LogP contribution >= 0.6 is 12.4 Å². The average Bonchev–Trinajstić information content (AvgIpc) is 2.86. The zero-order valence-corrected chi connectivity index (χ0v) is 13.2. The summed E-state index contributed by atoms with van der Waals surface area (Å²) in [6, 6.07) is 7.46. The molecule has 0 spiro atoms. The lowest BCUT2D eigenvalue weighted by atomic mass is 10.1. The number of rotatable bonds is 5. The molecule has 0 bridgehead atoms. The molecule has 21 heavy (non-hydrogen) atoms. The Balaban J connectivity index is 0.00000220. The minimum Gasteiger partial charge on any atom is -0.324 e. The molecule has 1 aromatic rings. The van der Waals surface area contributed by atoms with Crippen LogP contribution in [-0.2, 0) is 9.59 Å². The first-order chi connectivity index (χ1) is 9.63. The lowest BCUT2D eigenvalue weighted by molar-refractivity contribution is -0.119. The van der Waals surface area contributed by atoms with Crippen LogP contribution in [-0.4, -0.2) is 32.0 Å². The van der Waals surface area contributed by atoms with Crippen molar-refractivity contribution in [1.82, 2.24) is 5.32 Å². The van der Waals surface area contributed by atoms with Crippen molar-refractivity contribution >= 4 is 35.6 Å². The summed E-state index contributed by atoms with van der Waals surface area (Å²) in [4.78, 5) is 25.7. The summed E-state index contributed by atoms with van der Waals surface area (Å²) in [5.74, 6) is -0.0456. The highest BCUT2D eigenvalue weighted by Gasteiger charge is 2.24. The van der Waals surface area contributed by atoms with Crippen LogP contribution in [0, 0.1) is 5.92 Å². The van der Waals surface area contributed by atoms with Gasteiger partial charge in [0.1, 0.15) is 0 Å². The number of amides is 2. The largest absolute Gasteiger partial charge is 0.324 e. The number of anilines is 2. The predicted octanol–water partition coefficient (Wildman–Crippen LogP) is 2.03. The smallest absolute Gasteiger partial charge is 0.228 e. The van der Waals surface area contributed by atoms with E-state index < -0.39 is 0 Å². The number of halogens is 1. The third kappa shape index (κ3) is 4.19.